The van der Waals surface area contributed by atoms with E-state index in [1.54, 1.807) is 12.1 Å². The minimum Gasteiger partial charge on any atom is -0.494 e. The van der Waals surface area contributed by atoms with Crippen LogP contribution in [0.4, 0.5) is 11.5 Å². The first kappa shape index (κ1) is 21.7. The summed E-state index contributed by atoms with van der Waals surface area (Å²) >= 11 is 1.52. The van der Waals surface area contributed by atoms with Gasteiger partial charge in [-0.15, -0.1) is 11.3 Å². The van der Waals surface area contributed by atoms with Gasteiger partial charge in [0.1, 0.15) is 22.7 Å². The van der Waals surface area contributed by atoms with Gasteiger partial charge in [0.15, 0.2) is 0 Å². The average Bonchev–Trinajstić information content (AvgIpc) is 3.19. The lowest BCUT2D eigenvalue weighted by molar-refractivity contribution is -0.117. The summed E-state index contributed by atoms with van der Waals surface area (Å²) < 4.78 is 31.7. The molecule has 4 aromatic rings. The van der Waals surface area contributed by atoms with E-state index in [0.717, 1.165) is 34.0 Å². The van der Waals surface area contributed by atoms with E-state index < -0.39 is 15.9 Å². The number of carbonyl (C=O) groups is 1. The van der Waals surface area contributed by atoms with Crippen molar-refractivity contribution in [3.63, 3.8) is 0 Å². The van der Waals surface area contributed by atoms with E-state index in [4.69, 9.17) is 4.74 Å². The third-order valence-electron chi connectivity index (χ3n) is 4.55. The van der Waals surface area contributed by atoms with Gasteiger partial charge in [-0.2, -0.15) is 0 Å². The molecule has 0 saturated carbocycles. The largest absolute Gasteiger partial charge is 0.494 e. The monoisotopic (exact) mass is 468 g/mol. The van der Waals surface area contributed by atoms with E-state index in [0.29, 0.717) is 18.1 Å². The number of hydrogen-bond donors (Lipinski definition) is 2. The number of aromatic nitrogens is 2. The van der Waals surface area contributed by atoms with Crippen molar-refractivity contribution in [2.24, 2.45) is 0 Å². The number of rotatable bonds is 7. The Balaban J connectivity index is 1.65. The van der Waals surface area contributed by atoms with E-state index >= 15 is 0 Å². The van der Waals surface area contributed by atoms with Crippen LogP contribution in [0.2, 0.25) is 0 Å². The smallest absolute Gasteiger partial charge is 0.264 e. The molecule has 0 aliphatic carbocycles. The Kier molecular flexibility index (Phi) is 6.06. The molecule has 2 aromatic heterocycles. The normalized spacial score (nSPS) is 11.3. The van der Waals surface area contributed by atoms with Gasteiger partial charge in [0.05, 0.1) is 16.9 Å². The minimum atomic E-state index is -3.89. The number of benzene rings is 2. The fraction of sp³-hybridized carbons (Fsp3) is 0.136. The molecule has 1 amide bonds. The molecule has 0 spiro atoms. The lowest BCUT2D eigenvalue weighted by Gasteiger charge is -2.10. The standard InChI is InChI=1S/C22H20N4O4S2/c1-3-30-17-8-4-15(5-9-17)19-12-31-22-20(19)21(23-13-24-22)25-16-6-10-18(11-7-16)32(28,29)26-14(2)27/h4-13H,3H2,1-2H3,(H,26,27)(H,23,24,25). The number of sulfonamides is 1. The lowest BCUT2D eigenvalue weighted by Crippen LogP contribution is -2.28. The molecule has 10 heteroatoms. The van der Waals surface area contributed by atoms with Crippen molar-refractivity contribution < 1.29 is 17.9 Å². The molecule has 0 aliphatic heterocycles. The molecular formula is C22H20N4O4S2. The zero-order chi connectivity index (χ0) is 22.7. The number of carbonyl (C=O) groups excluding carboxylic acids is 1. The van der Waals surface area contributed by atoms with Crippen LogP contribution >= 0.6 is 11.3 Å². The second-order valence-electron chi connectivity index (χ2n) is 6.82. The van der Waals surface area contributed by atoms with Crippen molar-refractivity contribution in [3.8, 4) is 16.9 Å². The van der Waals surface area contributed by atoms with Crippen molar-refractivity contribution >= 4 is 49.0 Å². The molecule has 8 nitrogen and oxygen atoms in total. The highest BCUT2D eigenvalue weighted by Gasteiger charge is 2.16. The first-order valence-electron chi connectivity index (χ1n) is 9.73. The van der Waals surface area contributed by atoms with Gasteiger partial charge in [-0.3, -0.25) is 4.79 Å². The number of amides is 1. The SMILES string of the molecule is CCOc1ccc(-c2csc3ncnc(Nc4ccc(S(=O)(=O)NC(C)=O)cc4)c23)cc1. The van der Waals surface area contributed by atoms with Crippen molar-refractivity contribution in [1.29, 1.82) is 0 Å². The maximum absolute atomic E-state index is 12.1. The van der Waals surface area contributed by atoms with Crippen LogP contribution in [0, 0.1) is 0 Å². The molecule has 0 atom stereocenters. The van der Waals surface area contributed by atoms with Crippen LogP contribution in [0.1, 0.15) is 13.8 Å². The Morgan fingerprint density at radius 1 is 1.06 bits per heavy atom. The van der Waals surface area contributed by atoms with Crippen LogP contribution in [0.25, 0.3) is 21.3 Å². The first-order chi connectivity index (χ1) is 15.4. The summed E-state index contributed by atoms with van der Waals surface area (Å²) in [4.78, 5) is 20.7. The summed E-state index contributed by atoms with van der Waals surface area (Å²) in [6.45, 7) is 3.70. The van der Waals surface area contributed by atoms with Gasteiger partial charge < -0.3 is 10.1 Å². The molecule has 0 unspecified atom stereocenters. The molecular weight excluding hydrogens is 448 g/mol. The van der Waals surface area contributed by atoms with Crippen LogP contribution in [-0.4, -0.2) is 30.9 Å². The zero-order valence-corrected chi connectivity index (χ0v) is 19.0. The zero-order valence-electron chi connectivity index (χ0n) is 17.3. The number of nitrogens with zero attached hydrogens (tertiary/aromatic N) is 2. The molecule has 32 heavy (non-hydrogen) atoms. The molecule has 0 bridgehead atoms. The summed E-state index contributed by atoms with van der Waals surface area (Å²) in [7, 11) is -3.89. The molecule has 164 valence electrons. The molecule has 0 aliphatic rings. The number of ether oxygens (including phenoxy) is 1. The van der Waals surface area contributed by atoms with E-state index in [2.05, 4.69) is 15.3 Å². The number of fused-ring (bicyclic) bond motifs is 1. The maximum atomic E-state index is 12.1. The molecule has 2 heterocycles. The Labute approximate surface area is 189 Å². The van der Waals surface area contributed by atoms with Gasteiger partial charge in [0.25, 0.3) is 10.0 Å². The van der Waals surface area contributed by atoms with Gasteiger partial charge in [-0.1, -0.05) is 12.1 Å². The number of hydrogen-bond acceptors (Lipinski definition) is 8. The number of nitrogens with one attached hydrogen (secondary N) is 2. The van der Waals surface area contributed by atoms with Gasteiger partial charge in [0, 0.05) is 23.6 Å². The topological polar surface area (TPSA) is 110 Å². The summed E-state index contributed by atoms with van der Waals surface area (Å²) in [5.74, 6) is 0.771. The summed E-state index contributed by atoms with van der Waals surface area (Å²) in [5, 5.41) is 6.15. The van der Waals surface area contributed by atoms with Crippen molar-refractivity contribution in [3.05, 3.63) is 60.2 Å². The maximum Gasteiger partial charge on any atom is 0.264 e. The molecule has 2 aromatic carbocycles. The highest BCUT2D eigenvalue weighted by atomic mass is 32.2. The number of anilines is 2. The molecule has 4 rings (SSSR count). The molecule has 0 radical (unpaired) electrons. The van der Waals surface area contributed by atoms with Gasteiger partial charge in [-0.25, -0.2) is 23.1 Å². The highest BCUT2D eigenvalue weighted by Crippen LogP contribution is 2.38. The van der Waals surface area contributed by atoms with Gasteiger partial charge in [0.2, 0.25) is 5.91 Å². The Morgan fingerprint density at radius 3 is 2.44 bits per heavy atom. The second-order valence-corrected chi connectivity index (χ2v) is 9.36. The second kappa shape index (κ2) is 8.93. The third-order valence-corrected chi connectivity index (χ3v) is 6.89. The van der Waals surface area contributed by atoms with E-state index in [1.807, 2.05) is 41.3 Å². The number of thiophene rings is 1. The predicted molar refractivity (Wildman–Crippen MR) is 125 cm³/mol. The lowest BCUT2D eigenvalue weighted by atomic mass is 10.1. The molecule has 2 N–H and O–H groups in total. The Bertz CT molecular complexity index is 1370. The quantitative estimate of drug-likeness (QED) is 0.415. The third kappa shape index (κ3) is 4.56. The van der Waals surface area contributed by atoms with Crippen LogP contribution in [0.15, 0.2) is 65.1 Å². The van der Waals surface area contributed by atoms with Crippen molar-refractivity contribution in [2.75, 3.05) is 11.9 Å². The van der Waals surface area contributed by atoms with E-state index in [9.17, 15) is 13.2 Å². The fourth-order valence-corrected chi connectivity index (χ4v) is 5.09. The minimum absolute atomic E-state index is 0.00306. The van der Waals surface area contributed by atoms with Crippen molar-refractivity contribution in [1.82, 2.24) is 14.7 Å². The molecule has 0 saturated heterocycles. The van der Waals surface area contributed by atoms with E-state index in [-0.39, 0.29) is 4.90 Å². The van der Waals surface area contributed by atoms with Crippen molar-refractivity contribution in [2.45, 2.75) is 18.7 Å². The van der Waals surface area contributed by atoms with Gasteiger partial charge in [-0.05, 0) is 48.9 Å². The van der Waals surface area contributed by atoms with Gasteiger partial charge >= 0.3 is 0 Å². The summed E-state index contributed by atoms with van der Waals surface area (Å²) in [6, 6.07) is 13.9. The predicted octanol–water partition coefficient (Wildman–Crippen LogP) is 4.33. The van der Waals surface area contributed by atoms with Crippen LogP contribution in [0.5, 0.6) is 5.75 Å². The van der Waals surface area contributed by atoms with Crippen LogP contribution in [0.3, 0.4) is 0 Å². The average molecular weight is 469 g/mol. The Morgan fingerprint density at radius 2 is 1.78 bits per heavy atom. The first-order valence-corrected chi connectivity index (χ1v) is 12.1. The fourth-order valence-electron chi connectivity index (χ4n) is 3.18. The van der Waals surface area contributed by atoms with E-state index in [1.165, 1.54) is 29.8 Å². The summed E-state index contributed by atoms with van der Waals surface area (Å²) in [5.41, 5.74) is 2.64. The summed E-state index contributed by atoms with van der Waals surface area (Å²) in [6.07, 6.45) is 1.48. The van der Waals surface area contributed by atoms with Crippen LogP contribution in [-0.2, 0) is 14.8 Å². The highest BCUT2D eigenvalue weighted by molar-refractivity contribution is 7.90. The molecule has 0 fully saturated rings. The Hall–Kier alpha value is -3.50. The van der Waals surface area contributed by atoms with Crippen LogP contribution < -0.4 is 14.8 Å².